The van der Waals surface area contributed by atoms with Gasteiger partial charge in [-0.25, -0.2) is 0 Å². The van der Waals surface area contributed by atoms with E-state index in [1.54, 1.807) is 0 Å². The van der Waals surface area contributed by atoms with Gasteiger partial charge < -0.3 is 9.47 Å². The van der Waals surface area contributed by atoms with Gasteiger partial charge in [0, 0.05) is 5.33 Å². The molecule has 0 aliphatic heterocycles. The van der Waals surface area contributed by atoms with Crippen molar-refractivity contribution in [2.24, 2.45) is 0 Å². The molecule has 2 nitrogen and oxygen atoms in total. The highest BCUT2D eigenvalue weighted by Gasteiger charge is 2.02. The van der Waals surface area contributed by atoms with Crippen LogP contribution in [0.2, 0.25) is 0 Å². The average Bonchev–Trinajstić information content (AvgIpc) is 2.31. The van der Waals surface area contributed by atoms with Gasteiger partial charge >= 0.3 is 0 Å². The summed E-state index contributed by atoms with van der Waals surface area (Å²) in [5.74, 6) is 1.69. The first-order valence-electron chi connectivity index (χ1n) is 5.79. The van der Waals surface area contributed by atoms with E-state index in [9.17, 15) is 0 Å². The minimum atomic E-state index is 0.671. The van der Waals surface area contributed by atoms with Gasteiger partial charge in [0.05, 0.1) is 13.2 Å². The van der Waals surface area contributed by atoms with Crippen molar-refractivity contribution in [2.75, 3.05) is 18.5 Å². The summed E-state index contributed by atoms with van der Waals surface area (Å²) in [4.78, 5) is 0. The number of rotatable bonds is 8. The van der Waals surface area contributed by atoms with Crippen molar-refractivity contribution < 1.29 is 9.47 Å². The maximum atomic E-state index is 5.70. The predicted octanol–water partition coefficient (Wildman–Crippen LogP) is 4.03. The lowest BCUT2D eigenvalue weighted by molar-refractivity contribution is 0.271. The molecule has 0 fully saturated rings. The first kappa shape index (κ1) is 13.4. The molecule has 0 spiro atoms. The molecular weight excluding hydrogens is 268 g/mol. The van der Waals surface area contributed by atoms with E-state index in [-0.39, 0.29) is 0 Å². The average molecular weight is 287 g/mol. The molecule has 0 N–H and O–H groups in total. The molecule has 3 heteroatoms. The first-order chi connectivity index (χ1) is 7.88. The van der Waals surface area contributed by atoms with E-state index < -0.39 is 0 Å². The van der Waals surface area contributed by atoms with Crippen LogP contribution in [0, 0.1) is 0 Å². The molecule has 0 heterocycles. The van der Waals surface area contributed by atoms with E-state index in [0.717, 1.165) is 29.9 Å². The fourth-order valence-electron chi connectivity index (χ4n) is 1.40. The molecule has 1 aromatic carbocycles. The maximum absolute atomic E-state index is 5.70. The van der Waals surface area contributed by atoms with Crippen LogP contribution >= 0.6 is 15.9 Å². The normalized spacial score (nSPS) is 10.1. The van der Waals surface area contributed by atoms with Crippen molar-refractivity contribution in [2.45, 2.75) is 26.2 Å². The van der Waals surface area contributed by atoms with Crippen molar-refractivity contribution in [1.82, 2.24) is 0 Å². The summed E-state index contributed by atoms with van der Waals surface area (Å²) in [7, 11) is 0. The first-order valence-corrected chi connectivity index (χ1v) is 6.91. The topological polar surface area (TPSA) is 18.5 Å². The minimum absolute atomic E-state index is 0.671. The van der Waals surface area contributed by atoms with E-state index in [1.165, 1.54) is 12.8 Å². The summed E-state index contributed by atoms with van der Waals surface area (Å²) in [5, 5.41) is 1.07. The standard InChI is InChI=1S/C13H19BrO2/c1-2-15-12-8-4-5-9-13(12)16-11-7-3-6-10-14/h4-5,8-9H,2-3,6-7,10-11H2,1H3. The van der Waals surface area contributed by atoms with Gasteiger partial charge in [0.15, 0.2) is 11.5 Å². The van der Waals surface area contributed by atoms with E-state index >= 15 is 0 Å². The van der Waals surface area contributed by atoms with Crippen LogP contribution in [0.1, 0.15) is 26.2 Å². The molecule has 0 atom stereocenters. The molecule has 0 radical (unpaired) electrons. The Morgan fingerprint density at radius 1 is 1.00 bits per heavy atom. The Hall–Kier alpha value is -0.700. The summed E-state index contributed by atoms with van der Waals surface area (Å²) in [6, 6.07) is 7.83. The number of hydrogen-bond donors (Lipinski definition) is 0. The van der Waals surface area contributed by atoms with Crippen LogP contribution in [0.5, 0.6) is 11.5 Å². The molecule has 90 valence electrons. The van der Waals surface area contributed by atoms with Crippen molar-refractivity contribution in [3.05, 3.63) is 24.3 Å². The summed E-state index contributed by atoms with van der Waals surface area (Å²) in [6.07, 6.45) is 3.49. The third kappa shape index (κ3) is 4.88. The number of ether oxygens (including phenoxy) is 2. The molecule has 1 rings (SSSR count). The fraction of sp³-hybridized carbons (Fsp3) is 0.538. The molecule has 0 saturated heterocycles. The van der Waals surface area contributed by atoms with Gasteiger partial charge in [-0.15, -0.1) is 0 Å². The van der Waals surface area contributed by atoms with Crippen LogP contribution in [-0.4, -0.2) is 18.5 Å². The SMILES string of the molecule is CCOc1ccccc1OCCCCCBr. The summed E-state index contributed by atoms with van der Waals surface area (Å²) in [6.45, 7) is 3.41. The summed E-state index contributed by atoms with van der Waals surface area (Å²) in [5.41, 5.74) is 0. The predicted molar refractivity (Wildman–Crippen MR) is 70.8 cm³/mol. The van der Waals surface area contributed by atoms with E-state index in [2.05, 4.69) is 15.9 Å². The largest absolute Gasteiger partial charge is 0.490 e. The van der Waals surface area contributed by atoms with Gasteiger partial charge in [-0.2, -0.15) is 0 Å². The summed E-state index contributed by atoms with van der Waals surface area (Å²) < 4.78 is 11.2. The molecular formula is C13H19BrO2. The van der Waals surface area contributed by atoms with E-state index in [1.807, 2.05) is 31.2 Å². The Balaban J connectivity index is 2.34. The number of halogens is 1. The molecule has 1 aromatic rings. The van der Waals surface area contributed by atoms with E-state index in [0.29, 0.717) is 6.61 Å². The van der Waals surface area contributed by atoms with Crippen LogP contribution in [0.25, 0.3) is 0 Å². The molecule has 0 aliphatic rings. The lowest BCUT2D eigenvalue weighted by atomic mass is 10.2. The second kappa shape index (κ2) is 8.45. The van der Waals surface area contributed by atoms with Crippen LogP contribution in [0.15, 0.2) is 24.3 Å². The third-order valence-corrected chi connectivity index (χ3v) is 2.75. The Morgan fingerprint density at radius 3 is 2.31 bits per heavy atom. The van der Waals surface area contributed by atoms with E-state index in [4.69, 9.17) is 9.47 Å². The highest BCUT2D eigenvalue weighted by atomic mass is 79.9. The van der Waals surface area contributed by atoms with Gasteiger partial charge in [0.1, 0.15) is 0 Å². The van der Waals surface area contributed by atoms with Gasteiger partial charge in [-0.05, 0) is 38.3 Å². The molecule has 0 unspecified atom stereocenters. The van der Waals surface area contributed by atoms with Crippen molar-refractivity contribution in [3.63, 3.8) is 0 Å². The third-order valence-electron chi connectivity index (χ3n) is 2.18. The summed E-state index contributed by atoms with van der Waals surface area (Å²) >= 11 is 3.42. The van der Waals surface area contributed by atoms with Gasteiger partial charge in [-0.3, -0.25) is 0 Å². The molecule has 0 bridgehead atoms. The van der Waals surface area contributed by atoms with Crippen LogP contribution < -0.4 is 9.47 Å². The number of alkyl halides is 1. The minimum Gasteiger partial charge on any atom is -0.490 e. The Bertz CT molecular complexity index is 289. The molecule has 0 aromatic heterocycles. The zero-order valence-corrected chi connectivity index (χ0v) is 11.3. The smallest absolute Gasteiger partial charge is 0.161 e. The second-order valence-electron chi connectivity index (χ2n) is 3.48. The lowest BCUT2D eigenvalue weighted by Gasteiger charge is -2.11. The van der Waals surface area contributed by atoms with Crippen molar-refractivity contribution in [3.8, 4) is 11.5 Å². The van der Waals surface area contributed by atoms with Crippen molar-refractivity contribution >= 4 is 15.9 Å². The molecule has 0 saturated carbocycles. The quantitative estimate of drug-likeness (QED) is 0.531. The maximum Gasteiger partial charge on any atom is 0.161 e. The van der Waals surface area contributed by atoms with Crippen molar-refractivity contribution in [1.29, 1.82) is 0 Å². The second-order valence-corrected chi connectivity index (χ2v) is 4.27. The Labute approximate surface area is 106 Å². The van der Waals surface area contributed by atoms with Gasteiger partial charge in [0.2, 0.25) is 0 Å². The monoisotopic (exact) mass is 286 g/mol. The van der Waals surface area contributed by atoms with Gasteiger partial charge in [0.25, 0.3) is 0 Å². The highest BCUT2D eigenvalue weighted by Crippen LogP contribution is 2.26. The number of hydrogen-bond acceptors (Lipinski definition) is 2. The van der Waals surface area contributed by atoms with Crippen LogP contribution in [0.3, 0.4) is 0 Å². The Kier molecular flexibility index (Phi) is 7.06. The fourth-order valence-corrected chi connectivity index (χ4v) is 1.80. The number of para-hydroxylation sites is 2. The molecule has 0 aliphatic carbocycles. The molecule has 16 heavy (non-hydrogen) atoms. The van der Waals surface area contributed by atoms with Gasteiger partial charge in [-0.1, -0.05) is 28.1 Å². The number of benzene rings is 1. The highest BCUT2D eigenvalue weighted by molar-refractivity contribution is 9.09. The zero-order valence-electron chi connectivity index (χ0n) is 9.75. The Morgan fingerprint density at radius 2 is 1.69 bits per heavy atom. The zero-order chi connectivity index (χ0) is 11.6. The van der Waals surface area contributed by atoms with Crippen LogP contribution in [-0.2, 0) is 0 Å². The molecule has 0 amide bonds. The van der Waals surface area contributed by atoms with Crippen LogP contribution in [0.4, 0.5) is 0 Å². The number of unbranched alkanes of at least 4 members (excludes halogenated alkanes) is 2. The lowest BCUT2D eigenvalue weighted by Crippen LogP contribution is -2.00.